The maximum atomic E-state index is 10.1. The van der Waals surface area contributed by atoms with Crippen LogP contribution in [-0.4, -0.2) is 17.1 Å². The monoisotopic (exact) mass is 145 g/mol. The van der Waals surface area contributed by atoms with Crippen molar-refractivity contribution in [3.8, 4) is 0 Å². The maximum Gasteiger partial charge on any atom is 0.375 e. The summed E-state index contributed by atoms with van der Waals surface area (Å²) in [7, 11) is 0. The quantitative estimate of drug-likeness (QED) is 0.189. The molecule has 0 aromatic heterocycles. The van der Waals surface area contributed by atoms with Crippen molar-refractivity contribution in [3.63, 3.8) is 0 Å². The van der Waals surface area contributed by atoms with Gasteiger partial charge in [0.2, 0.25) is 0 Å². The molecule has 0 aromatic carbocycles. The molecule has 0 bridgehead atoms. The van der Waals surface area contributed by atoms with Gasteiger partial charge in [-0.25, -0.2) is 0 Å². The standard InChI is InChI=1S/C5H7NO4/c1-3-5(6(8)9)10-4(2)7/h3,5H,1H2,2H3. The van der Waals surface area contributed by atoms with E-state index in [0.29, 0.717) is 0 Å². The second-order valence-corrected chi connectivity index (χ2v) is 1.52. The Hall–Kier alpha value is -1.39. The summed E-state index contributed by atoms with van der Waals surface area (Å²) in [5.41, 5.74) is 0. The van der Waals surface area contributed by atoms with Crippen LogP contribution < -0.4 is 0 Å². The SMILES string of the molecule is C=CC(OC(C)=O)[N+](=O)[O-]. The van der Waals surface area contributed by atoms with Crippen LogP contribution in [0.4, 0.5) is 0 Å². The molecule has 0 amide bonds. The number of hydrogen-bond donors (Lipinski definition) is 0. The van der Waals surface area contributed by atoms with E-state index in [4.69, 9.17) is 0 Å². The number of ether oxygens (including phenoxy) is 1. The van der Waals surface area contributed by atoms with Crippen molar-refractivity contribution in [1.29, 1.82) is 0 Å². The summed E-state index contributed by atoms with van der Waals surface area (Å²) in [5, 5.41) is 9.92. The number of carbonyl (C=O) groups is 1. The summed E-state index contributed by atoms with van der Waals surface area (Å²) < 4.78 is 4.20. The highest BCUT2D eigenvalue weighted by Gasteiger charge is 2.17. The van der Waals surface area contributed by atoms with Gasteiger partial charge in [0.1, 0.15) is 0 Å². The number of nitro groups is 1. The molecule has 5 nitrogen and oxygen atoms in total. The van der Waals surface area contributed by atoms with Crippen LogP contribution in [0.15, 0.2) is 12.7 Å². The molecule has 10 heavy (non-hydrogen) atoms. The third-order valence-electron chi connectivity index (χ3n) is 0.696. The van der Waals surface area contributed by atoms with Crippen LogP contribution in [0.5, 0.6) is 0 Å². The molecule has 0 spiro atoms. The minimum Gasteiger partial charge on any atom is -0.395 e. The number of rotatable bonds is 3. The van der Waals surface area contributed by atoms with E-state index in [1.807, 2.05) is 0 Å². The van der Waals surface area contributed by atoms with E-state index in [1.165, 1.54) is 0 Å². The fourth-order valence-electron chi connectivity index (χ4n) is 0.347. The van der Waals surface area contributed by atoms with Crippen LogP contribution in [-0.2, 0) is 9.53 Å². The van der Waals surface area contributed by atoms with Crippen LogP contribution >= 0.6 is 0 Å². The molecule has 0 aromatic rings. The molecule has 56 valence electrons. The van der Waals surface area contributed by atoms with Crippen molar-refractivity contribution < 1.29 is 14.5 Å². The Morgan fingerprint density at radius 2 is 2.40 bits per heavy atom. The Morgan fingerprint density at radius 1 is 1.90 bits per heavy atom. The number of carbonyl (C=O) groups excluding carboxylic acids is 1. The van der Waals surface area contributed by atoms with Crippen molar-refractivity contribution >= 4 is 5.97 Å². The summed E-state index contributed by atoms with van der Waals surface area (Å²) in [5.74, 6) is -0.693. The van der Waals surface area contributed by atoms with E-state index in [2.05, 4.69) is 11.3 Å². The van der Waals surface area contributed by atoms with Crippen molar-refractivity contribution in [2.75, 3.05) is 0 Å². The van der Waals surface area contributed by atoms with Gasteiger partial charge in [0.05, 0.1) is 4.92 Å². The molecule has 0 saturated heterocycles. The summed E-state index contributed by atoms with van der Waals surface area (Å²) in [6, 6.07) is 0. The second-order valence-electron chi connectivity index (χ2n) is 1.52. The van der Waals surface area contributed by atoms with Crippen molar-refractivity contribution in [3.05, 3.63) is 22.8 Å². The van der Waals surface area contributed by atoms with Crippen LogP contribution in [0, 0.1) is 10.1 Å². The highest BCUT2D eigenvalue weighted by atomic mass is 16.7. The fourth-order valence-corrected chi connectivity index (χ4v) is 0.347. The highest BCUT2D eigenvalue weighted by molar-refractivity contribution is 5.66. The van der Waals surface area contributed by atoms with Gasteiger partial charge in [-0.2, -0.15) is 0 Å². The lowest BCUT2D eigenvalue weighted by atomic mass is 10.6. The maximum absolute atomic E-state index is 10.1. The van der Waals surface area contributed by atoms with E-state index in [0.717, 1.165) is 13.0 Å². The topological polar surface area (TPSA) is 69.4 Å². The number of nitrogens with zero attached hydrogens (tertiary/aromatic N) is 1. The minimum absolute atomic E-state index is 0.693. The van der Waals surface area contributed by atoms with Gasteiger partial charge in [-0.3, -0.25) is 14.9 Å². The molecule has 0 rings (SSSR count). The first kappa shape index (κ1) is 8.61. The zero-order valence-electron chi connectivity index (χ0n) is 5.44. The Morgan fingerprint density at radius 3 is 2.50 bits per heavy atom. The molecule has 0 N–H and O–H groups in total. The molecule has 1 atom stereocenters. The molecule has 5 heteroatoms. The zero-order valence-corrected chi connectivity index (χ0v) is 5.44. The van der Waals surface area contributed by atoms with Crippen LogP contribution in [0.1, 0.15) is 6.92 Å². The van der Waals surface area contributed by atoms with Crippen LogP contribution in [0.2, 0.25) is 0 Å². The molecule has 0 fully saturated rings. The third-order valence-corrected chi connectivity index (χ3v) is 0.696. The fraction of sp³-hybridized carbons (Fsp3) is 0.400. The summed E-state index contributed by atoms with van der Waals surface area (Å²) in [4.78, 5) is 19.3. The van der Waals surface area contributed by atoms with Crippen molar-refractivity contribution in [2.45, 2.75) is 13.2 Å². The lowest BCUT2D eigenvalue weighted by Gasteiger charge is -2.02. The molecule has 0 heterocycles. The van der Waals surface area contributed by atoms with E-state index in [-0.39, 0.29) is 0 Å². The first-order valence-electron chi connectivity index (χ1n) is 2.51. The predicted octanol–water partition coefficient (Wildman–Crippen LogP) is 0.338. The van der Waals surface area contributed by atoms with E-state index in [9.17, 15) is 14.9 Å². The molecular weight excluding hydrogens is 138 g/mol. The van der Waals surface area contributed by atoms with Gasteiger partial charge in [-0.1, -0.05) is 6.58 Å². The van der Waals surface area contributed by atoms with Gasteiger partial charge < -0.3 is 4.74 Å². The number of hydrogen-bond acceptors (Lipinski definition) is 4. The summed E-state index contributed by atoms with van der Waals surface area (Å²) >= 11 is 0. The summed E-state index contributed by atoms with van der Waals surface area (Å²) in [6.45, 7) is 4.21. The van der Waals surface area contributed by atoms with E-state index >= 15 is 0 Å². The lowest BCUT2D eigenvalue weighted by Crippen LogP contribution is -2.22. The minimum atomic E-state index is -1.42. The Kier molecular flexibility index (Phi) is 3.10. The smallest absolute Gasteiger partial charge is 0.375 e. The third kappa shape index (κ3) is 2.81. The van der Waals surface area contributed by atoms with Gasteiger partial charge in [0, 0.05) is 13.0 Å². The zero-order chi connectivity index (χ0) is 8.15. The molecule has 1 unspecified atom stereocenters. The average Bonchev–Trinajstić information content (AvgIpc) is 1.81. The highest BCUT2D eigenvalue weighted by Crippen LogP contribution is 1.93. The lowest BCUT2D eigenvalue weighted by molar-refractivity contribution is -0.552. The average molecular weight is 145 g/mol. The Bertz CT molecular complexity index is 165. The molecule has 0 radical (unpaired) electrons. The molecular formula is C5H7NO4. The van der Waals surface area contributed by atoms with Crippen LogP contribution in [0.25, 0.3) is 0 Å². The van der Waals surface area contributed by atoms with Crippen LogP contribution in [0.3, 0.4) is 0 Å². The van der Waals surface area contributed by atoms with Gasteiger partial charge in [0.25, 0.3) is 0 Å². The molecule has 0 aliphatic rings. The van der Waals surface area contributed by atoms with Gasteiger partial charge in [0.15, 0.2) is 0 Å². The Labute approximate surface area is 57.4 Å². The first-order valence-corrected chi connectivity index (χ1v) is 2.51. The van der Waals surface area contributed by atoms with Crippen molar-refractivity contribution in [2.24, 2.45) is 0 Å². The van der Waals surface area contributed by atoms with Gasteiger partial charge in [-0.15, -0.1) is 0 Å². The summed E-state index contributed by atoms with van der Waals surface area (Å²) in [6.07, 6.45) is -0.473. The second kappa shape index (κ2) is 3.60. The number of esters is 1. The van der Waals surface area contributed by atoms with E-state index < -0.39 is 17.1 Å². The van der Waals surface area contributed by atoms with Gasteiger partial charge in [-0.05, 0) is 0 Å². The molecule has 0 aliphatic heterocycles. The van der Waals surface area contributed by atoms with Gasteiger partial charge >= 0.3 is 12.2 Å². The normalized spacial score (nSPS) is 11.7. The first-order chi connectivity index (χ1) is 4.57. The van der Waals surface area contributed by atoms with E-state index in [1.54, 1.807) is 0 Å². The Balaban J connectivity index is 3.96. The molecule has 0 saturated carbocycles. The predicted molar refractivity (Wildman–Crippen MR) is 32.7 cm³/mol. The van der Waals surface area contributed by atoms with Crippen molar-refractivity contribution in [1.82, 2.24) is 0 Å². The molecule has 0 aliphatic carbocycles. The largest absolute Gasteiger partial charge is 0.395 e.